The maximum Gasteiger partial charge on any atom is 0.0641 e. The zero-order valence-electron chi connectivity index (χ0n) is 13.4. The van der Waals surface area contributed by atoms with Crippen LogP contribution in [0.1, 0.15) is 25.7 Å². The molecule has 4 rings (SSSR count). The molecule has 4 nitrogen and oxygen atoms in total. The van der Waals surface area contributed by atoms with Crippen molar-refractivity contribution in [1.82, 2.24) is 9.88 Å². The summed E-state index contributed by atoms with van der Waals surface area (Å²) in [5.74, 6) is 0.983. The van der Waals surface area contributed by atoms with Gasteiger partial charge in [0.1, 0.15) is 0 Å². The molecule has 0 radical (unpaired) electrons. The van der Waals surface area contributed by atoms with Gasteiger partial charge in [-0.2, -0.15) is 0 Å². The van der Waals surface area contributed by atoms with E-state index < -0.39 is 0 Å². The fourth-order valence-electron chi connectivity index (χ4n) is 4.13. The summed E-state index contributed by atoms with van der Waals surface area (Å²) in [5.41, 5.74) is 1.55. The summed E-state index contributed by atoms with van der Waals surface area (Å²) in [6.07, 6.45) is 9.35. The Bertz CT molecular complexity index is 490. The van der Waals surface area contributed by atoms with Crippen molar-refractivity contribution in [3.63, 3.8) is 0 Å². The SMILES string of the molecule is c1cncc(N2CCOC[C@@]3(CCCN(CC4CC4)C3)C2)c1. The molecule has 2 aliphatic heterocycles. The van der Waals surface area contributed by atoms with Crippen LogP contribution >= 0.6 is 0 Å². The van der Waals surface area contributed by atoms with Crippen LogP contribution in [0.15, 0.2) is 24.5 Å². The molecule has 1 aromatic heterocycles. The molecule has 4 heteroatoms. The van der Waals surface area contributed by atoms with E-state index in [0.717, 1.165) is 32.2 Å². The molecule has 1 aliphatic carbocycles. The van der Waals surface area contributed by atoms with E-state index in [2.05, 4.69) is 20.9 Å². The topological polar surface area (TPSA) is 28.6 Å². The first-order chi connectivity index (χ1) is 10.8. The van der Waals surface area contributed by atoms with Gasteiger partial charge in [0.2, 0.25) is 0 Å². The van der Waals surface area contributed by atoms with Gasteiger partial charge in [-0.25, -0.2) is 0 Å². The molecule has 0 N–H and O–H groups in total. The average molecular weight is 301 g/mol. The maximum atomic E-state index is 6.02. The average Bonchev–Trinajstić information content (AvgIpc) is 3.37. The summed E-state index contributed by atoms with van der Waals surface area (Å²) in [6.45, 7) is 7.65. The summed E-state index contributed by atoms with van der Waals surface area (Å²) in [4.78, 5) is 9.49. The quantitative estimate of drug-likeness (QED) is 0.857. The molecular formula is C18H27N3O. The van der Waals surface area contributed by atoms with Crippen LogP contribution in [-0.2, 0) is 4.74 Å². The van der Waals surface area contributed by atoms with Gasteiger partial charge in [-0.3, -0.25) is 4.98 Å². The van der Waals surface area contributed by atoms with Crippen molar-refractivity contribution in [2.45, 2.75) is 25.7 Å². The van der Waals surface area contributed by atoms with Gasteiger partial charge in [-0.05, 0) is 50.3 Å². The second-order valence-corrected chi connectivity index (χ2v) is 7.47. The second-order valence-electron chi connectivity index (χ2n) is 7.47. The lowest BCUT2D eigenvalue weighted by molar-refractivity contribution is 0.0119. The highest BCUT2D eigenvalue weighted by molar-refractivity contribution is 5.44. The van der Waals surface area contributed by atoms with Crippen molar-refractivity contribution in [3.05, 3.63) is 24.5 Å². The summed E-state index contributed by atoms with van der Waals surface area (Å²) in [5, 5.41) is 0. The highest BCUT2D eigenvalue weighted by Crippen LogP contribution is 2.37. The number of rotatable bonds is 3. The molecule has 3 heterocycles. The predicted molar refractivity (Wildman–Crippen MR) is 88.1 cm³/mol. The minimum Gasteiger partial charge on any atom is -0.379 e. The number of nitrogens with zero attached hydrogens (tertiary/aromatic N) is 3. The lowest BCUT2D eigenvalue weighted by Gasteiger charge is -2.44. The maximum absolute atomic E-state index is 6.02. The van der Waals surface area contributed by atoms with E-state index in [1.165, 1.54) is 51.0 Å². The van der Waals surface area contributed by atoms with Gasteiger partial charge in [-0.1, -0.05) is 0 Å². The molecule has 0 aromatic carbocycles. The molecule has 1 aromatic rings. The minimum atomic E-state index is 0.305. The highest BCUT2D eigenvalue weighted by Gasteiger charge is 2.40. The van der Waals surface area contributed by atoms with Gasteiger partial charge in [0.15, 0.2) is 0 Å². The third kappa shape index (κ3) is 3.28. The number of likely N-dealkylation sites (tertiary alicyclic amines) is 1. The minimum absolute atomic E-state index is 0.305. The molecule has 22 heavy (non-hydrogen) atoms. The number of aromatic nitrogens is 1. The van der Waals surface area contributed by atoms with Crippen molar-refractivity contribution in [2.24, 2.45) is 11.3 Å². The summed E-state index contributed by atoms with van der Waals surface area (Å²) in [7, 11) is 0. The summed E-state index contributed by atoms with van der Waals surface area (Å²) >= 11 is 0. The molecule has 3 fully saturated rings. The Kier molecular flexibility index (Phi) is 4.05. The van der Waals surface area contributed by atoms with Crippen molar-refractivity contribution < 1.29 is 4.74 Å². The Labute approximate surface area is 133 Å². The molecule has 1 spiro atoms. The first-order valence-corrected chi connectivity index (χ1v) is 8.78. The van der Waals surface area contributed by atoms with Crippen LogP contribution in [0.3, 0.4) is 0 Å². The Hall–Kier alpha value is -1.13. The van der Waals surface area contributed by atoms with E-state index in [0.29, 0.717) is 5.41 Å². The van der Waals surface area contributed by atoms with E-state index in [1.54, 1.807) is 0 Å². The van der Waals surface area contributed by atoms with E-state index in [-0.39, 0.29) is 0 Å². The fraction of sp³-hybridized carbons (Fsp3) is 0.722. The fourth-order valence-corrected chi connectivity index (χ4v) is 4.13. The van der Waals surface area contributed by atoms with Gasteiger partial charge in [0, 0.05) is 37.8 Å². The first-order valence-electron chi connectivity index (χ1n) is 8.78. The van der Waals surface area contributed by atoms with Crippen LogP contribution in [0.5, 0.6) is 0 Å². The molecule has 0 bridgehead atoms. The van der Waals surface area contributed by atoms with Gasteiger partial charge in [0.05, 0.1) is 25.1 Å². The van der Waals surface area contributed by atoms with Crippen molar-refractivity contribution in [1.29, 1.82) is 0 Å². The molecule has 0 amide bonds. The highest BCUT2D eigenvalue weighted by atomic mass is 16.5. The van der Waals surface area contributed by atoms with E-state index in [1.807, 2.05) is 18.5 Å². The molecule has 1 atom stereocenters. The molecule has 2 saturated heterocycles. The molecule has 120 valence electrons. The van der Waals surface area contributed by atoms with Crippen LogP contribution in [0.4, 0.5) is 5.69 Å². The van der Waals surface area contributed by atoms with Crippen molar-refractivity contribution in [2.75, 3.05) is 50.8 Å². The lowest BCUT2D eigenvalue weighted by Crippen LogP contribution is -2.51. The number of ether oxygens (including phenoxy) is 1. The zero-order valence-corrected chi connectivity index (χ0v) is 13.4. The molecule has 3 aliphatic rings. The summed E-state index contributed by atoms with van der Waals surface area (Å²) < 4.78 is 6.02. The smallest absolute Gasteiger partial charge is 0.0641 e. The van der Waals surface area contributed by atoms with Crippen LogP contribution in [0.25, 0.3) is 0 Å². The standard InChI is InChI=1S/C18H27N3O/c1-3-17(11-19-7-1)21-9-10-22-15-18(14-21)6-2-8-20(13-18)12-16-4-5-16/h1,3,7,11,16H,2,4-6,8-10,12-15H2/t18-/m1/s1. The third-order valence-corrected chi connectivity index (χ3v) is 5.40. The molecule has 1 saturated carbocycles. The van der Waals surface area contributed by atoms with Gasteiger partial charge in [-0.15, -0.1) is 0 Å². The van der Waals surface area contributed by atoms with Crippen molar-refractivity contribution in [3.8, 4) is 0 Å². The Balaban J connectivity index is 1.49. The van der Waals surface area contributed by atoms with Gasteiger partial charge in [0.25, 0.3) is 0 Å². The first kappa shape index (κ1) is 14.5. The summed E-state index contributed by atoms with van der Waals surface area (Å²) in [6, 6.07) is 4.21. The Morgan fingerprint density at radius 1 is 1.27 bits per heavy atom. The molecular weight excluding hydrogens is 274 g/mol. The number of hydrogen-bond acceptors (Lipinski definition) is 4. The largest absolute Gasteiger partial charge is 0.379 e. The zero-order chi connectivity index (χ0) is 14.8. The van der Waals surface area contributed by atoms with E-state index in [9.17, 15) is 0 Å². The van der Waals surface area contributed by atoms with Crippen molar-refractivity contribution >= 4 is 5.69 Å². The lowest BCUT2D eigenvalue weighted by atomic mass is 9.80. The number of pyridine rings is 1. The number of piperidine rings is 1. The Morgan fingerprint density at radius 3 is 3.05 bits per heavy atom. The predicted octanol–water partition coefficient (Wildman–Crippen LogP) is 2.41. The number of anilines is 1. The van der Waals surface area contributed by atoms with Crippen LogP contribution in [-0.4, -0.2) is 55.8 Å². The third-order valence-electron chi connectivity index (χ3n) is 5.40. The monoisotopic (exact) mass is 301 g/mol. The number of hydrogen-bond donors (Lipinski definition) is 0. The Morgan fingerprint density at radius 2 is 2.23 bits per heavy atom. The molecule has 0 unspecified atom stereocenters. The van der Waals surface area contributed by atoms with Gasteiger partial charge >= 0.3 is 0 Å². The van der Waals surface area contributed by atoms with Crippen LogP contribution < -0.4 is 4.90 Å². The normalized spacial score (nSPS) is 30.5. The second kappa shape index (κ2) is 6.17. The van der Waals surface area contributed by atoms with E-state index in [4.69, 9.17) is 4.74 Å². The van der Waals surface area contributed by atoms with Crippen LogP contribution in [0.2, 0.25) is 0 Å². The van der Waals surface area contributed by atoms with Gasteiger partial charge < -0.3 is 14.5 Å². The van der Waals surface area contributed by atoms with E-state index >= 15 is 0 Å². The van der Waals surface area contributed by atoms with Crippen LogP contribution in [0, 0.1) is 11.3 Å².